The maximum atomic E-state index is 4.99. The van der Waals surface area contributed by atoms with Crippen LogP contribution in [0, 0.1) is 0 Å². The summed E-state index contributed by atoms with van der Waals surface area (Å²) in [5.74, 6) is 0. The minimum atomic E-state index is -0.262. The van der Waals surface area contributed by atoms with Crippen molar-refractivity contribution in [3.63, 3.8) is 0 Å². The van der Waals surface area contributed by atoms with E-state index < -0.39 is 0 Å². The molecule has 0 aromatic heterocycles. The van der Waals surface area contributed by atoms with Crippen molar-refractivity contribution in [2.45, 2.75) is 12.6 Å². The highest BCUT2D eigenvalue weighted by Gasteiger charge is 2.03. The molecule has 0 unspecified atom stereocenters. The number of ether oxygens (including phenoxy) is 4. The van der Waals surface area contributed by atoms with Crippen LogP contribution in [0.15, 0.2) is 0 Å². The maximum absolute atomic E-state index is 4.99. The van der Waals surface area contributed by atoms with Crippen molar-refractivity contribution in [2.24, 2.45) is 0 Å². The van der Waals surface area contributed by atoms with Crippen molar-refractivity contribution in [3.8, 4) is 0 Å². The van der Waals surface area contributed by atoms with E-state index in [9.17, 15) is 0 Å². The summed E-state index contributed by atoms with van der Waals surface area (Å²) >= 11 is 0. The molecule has 17 heavy (non-hydrogen) atoms. The maximum Gasteiger partial charge on any atom is 0.170 e. The van der Waals surface area contributed by atoms with Crippen LogP contribution >= 0.6 is 0 Å². The van der Waals surface area contributed by atoms with Gasteiger partial charge in [0.15, 0.2) is 12.6 Å². The summed E-state index contributed by atoms with van der Waals surface area (Å²) < 4.78 is 20.0. The van der Waals surface area contributed by atoms with Gasteiger partial charge in [0, 0.05) is 28.4 Å². The molecule has 0 aliphatic carbocycles. The normalized spacial score (nSPS) is 11.6. The van der Waals surface area contributed by atoms with E-state index in [1.807, 2.05) is 0 Å². The van der Waals surface area contributed by atoms with Gasteiger partial charge in [-0.25, -0.2) is 10.9 Å². The zero-order valence-corrected chi connectivity index (χ0v) is 10.9. The van der Waals surface area contributed by atoms with Crippen LogP contribution in [0.3, 0.4) is 0 Å². The molecule has 0 aliphatic rings. The van der Waals surface area contributed by atoms with Crippen LogP contribution < -0.4 is 21.7 Å². The third kappa shape index (κ3) is 9.39. The number of rotatable bonds is 12. The first-order chi connectivity index (χ1) is 8.28. The van der Waals surface area contributed by atoms with Gasteiger partial charge in [-0.3, -0.25) is 10.9 Å². The Morgan fingerprint density at radius 3 is 1.29 bits per heavy atom. The molecular weight excluding hydrogens is 228 g/mol. The van der Waals surface area contributed by atoms with E-state index in [-0.39, 0.29) is 12.6 Å². The average Bonchev–Trinajstić information content (AvgIpc) is 2.37. The summed E-state index contributed by atoms with van der Waals surface area (Å²) in [5, 5.41) is 0. The second kappa shape index (κ2) is 12.1. The van der Waals surface area contributed by atoms with Crippen LogP contribution in [0.5, 0.6) is 0 Å². The predicted octanol–water partition coefficient (Wildman–Crippen LogP) is -1.63. The number of hydrogen-bond acceptors (Lipinski definition) is 8. The van der Waals surface area contributed by atoms with Crippen molar-refractivity contribution in [3.05, 3.63) is 0 Å². The zero-order valence-electron chi connectivity index (χ0n) is 10.9. The molecule has 104 valence electrons. The van der Waals surface area contributed by atoms with E-state index in [1.54, 1.807) is 28.4 Å². The Hall–Kier alpha value is -0.320. The summed E-state index contributed by atoms with van der Waals surface area (Å²) in [7, 11) is 6.35. The molecule has 4 N–H and O–H groups in total. The first kappa shape index (κ1) is 16.7. The minimum absolute atomic E-state index is 0.262. The first-order valence-electron chi connectivity index (χ1n) is 5.31. The molecule has 0 aliphatic heterocycles. The molecule has 0 aromatic carbocycles. The fourth-order valence-corrected chi connectivity index (χ4v) is 1.01. The van der Waals surface area contributed by atoms with Crippen LogP contribution in [0.1, 0.15) is 0 Å². The van der Waals surface area contributed by atoms with Gasteiger partial charge >= 0.3 is 0 Å². The lowest BCUT2D eigenvalue weighted by atomic mass is 10.6. The molecule has 8 nitrogen and oxygen atoms in total. The van der Waals surface area contributed by atoms with Crippen molar-refractivity contribution in [1.29, 1.82) is 0 Å². The van der Waals surface area contributed by atoms with E-state index >= 15 is 0 Å². The van der Waals surface area contributed by atoms with Crippen LogP contribution in [-0.4, -0.2) is 60.8 Å². The lowest BCUT2D eigenvalue weighted by Gasteiger charge is -2.16. The third-order valence-electron chi connectivity index (χ3n) is 2.02. The molecule has 0 saturated carbocycles. The standard InChI is InChI=1S/C9H24N4O4/c1-14-8(15-2)5-10-12-7-13-11-6-9(16-3)17-4/h8-13H,5-7H2,1-4H3. The SMILES string of the molecule is COC(CNNCNNCC(OC)OC)OC. The second-order valence-corrected chi connectivity index (χ2v) is 3.09. The molecule has 0 radical (unpaired) electrons. The van der Waals surface area contributed by atoms with Crippen LogP contribution in [0.2, 0.25) is 0 Å². The van der Waals surface area contributed by atoms with Crippen LogP contribution in [0.4, 0.5) is 0 Å². The summed E-state index contributed by atoms with van der Waals surface area (Å²) in [4.78, 5) is 0. The number of methoxy groups -OCH3 is 4. The Labute approximate surface area is 102 Å². The molecule has 0 bridgehead atoms. The van der Waals surface area contributed by atoms with Crippen molar-refractivity contribution in [1.82, 2.24) is 21.7 Å². The number of hydrazine groups is 2. The van der Waals surface area contributed by atoms with E-state index in [4.69, 9.17) is 18.9 Å². The largest absolute Gasteiger partial charge is 0.354 e. The first-order valence-corrected chi connectivity index (χ1v) is 5.31. The zero-order chi connectivity index (χ0) is 12.9. The highest BCUT2D eigenvalue weighted by atomic mass is 16.7. The quantitative estimate of drug-likeness (QED) is 0.187. The lowest BCUT2D eigenvalue weighted by Crippen LogP contribution is -2.49. The highest BCUT2D eigenvalue weighted by molar-refractivity contribution is 4.47. The Bertz CT molecular complexity index is 140. The van der Waals surface area contributed by atoms with Gasteiger partial charge < -0.3 is 18.9 Å². The summed E-state index contributed by atoms with van der Waals surface area (Å²) in [6.45, 7) is 1.63. The minimum Gasteiger partial charge on any atom is -0.354 e. The molecule has 0 fully saturated rings. The van der Waals surface area contributed by atoms with Gasteiger partial charge in [-0.1, -0.05) is 0 Å². The van der Waals surface area contributed by atoms with Gasteiger partial charge in [0.25, 0.3) is 0 Å². The topological polar surface area (TPSA) is 85.0 Å². The monoisotopic (exact) mass is 252 g/mol. The molecule has 0 rings (SSSR count). The smallest absolute Gasteiger partial charge is 0.170 e. The fraction of sp³-hybridized carbons (Fsp3) is 1.00. The van der Waals surface area contributed by atoms with E-state index in [2.05, 4.69) is 21.7 Å². The van der Waals surface area contributed by atoms with Gasteiger partial charge in [0.1, 0.15) is 0 Å². The Balaban J connectivity index is 3.23. The molecule has 0 atom stereocenters. The number of nitrogens with one attached hydrogen (secondary N) is 4. The van der Waals surface area contributed by atoms with Gasteiger partial charge in [0.2, 0.25) is 0 Å². The van der Waals surface area contributed by atoms with Gasteiger partial charge in [-0.05, 0) is 0 Å². The lowest BCUT2D eigenvalue weighted by molar-refractivity contribution is -0.101. The van der Waals surface area contributed by atoms with Gasteiger partial charge in [-0.2, -0.15) is 0 Å². The van der Waals surface area contributed by atoms with Crippen molar-refractivity contribution in [2.75, 3.05) is 48.2 Å². The van der Waals surface area contributed by atoms with E-state index in [0.29, 0.717) is 19.8 Å². The summed E-state index contributed by atoms with van der Waals surface area (Å²) in [6, 6.07) is 0. The highest BCUT2D eigenvalue weighted by Crippen LogP contribution is 1.86. The molecule has 8 heteroatoms. The van der Waals surface area contributed by atoms with Gasteiger partial charge in [0.05, 0.1) is 19.8 Å². The van der Waals surface area contributed by atoms with Crippen molar-refractivity contribution < 1.29 is 18.9 Å². The van der Waals surface area contributed by atoms with Gasteiger partial charge in [-0.15, -0.1) is 0 Å². The molecule has 0 spiro atoms. The molecule has 0 heterocycles. The Kier molecular flexibility index (Phi) is 11.9. The van der Waals surface area contributed by atoms with Crippen LogP contribution in [-0.2, 0) is 18.9 Å². The number of hydrogen-bond donors (Lipinski definition) is 4. The second-order valence-electron chi connectivity index (χ2n) is 3.09. The predicted molar refractivity (Wildman–Crippen MR) is 62.8 cm³/mol. The molecular formula is C9H24N4O4. The van der Waals surface area contributed by atoms with E-state index in [1.165, 1.54) is 0 Å². The Morgan fingerprint density at radius 1 is 0.647 bits per heavy atom. The van der Waals surface area contributed by atoms with Crippen LogP contribution in [0.25, 0.3) is 0 Å². The van der Waals surface area contributed by atoms with E-state index in [0.717, 1.165) is 0 Å². The summed E-state index contributed by atoms with van der Waals surface area (Å²) in [6.07, 6.45) is -0.524. The average molecular weight is 252 g/mol. The third-order valence-corrected chi connectivity index (χ3v) is 2.02. The van der Waals surface area contributed by atoms with Crippen molar-refractivity contribution >= 4 is 0 Å². The molecule has 0 saturated heterocycles. The molecule has 0 aromatic rings. The summed E-state index contributed by atoms with van der Waals surface area (Å²) in [5.41, 5.74) is 11.7. The molecule has 0 amide bonds. The Morgan fingerprint density at radius 2 is 1.00 bits per heavy atom. The fourth-order valence-electron chi connectivity index (χ4n) is 1.01.